The van der Waals surface area contributed by atoms with E-state index in [-0.39, 0.29) is 0 Å². The number of nitrogens with zero attached hydrogens (tertiary/aromatic N) is 3. The van der Waals surface area contributed by atoms with Crippen LogP contribution in [0.3, 0.4) is 0 Å². The van der Waals surface area contributed by atoms with Crippen molar-refractivity contribution in [2.45, 2.75) is 38.0 Å². The molecule has 2 heterocycles. The van der Waals surface area contributed by atoms with Crippen molar-refractivity contribution in [2.24, 2.45) is 0 Å². The summed E-state index contributed by atoms with van der Waals surface area (Å²) in [5.74, 6) is 1.10. The molecule has 2 N–H and O–H groups in total. The van der Waals surface area contributed by atoms with Gasteiger partial charge >= 0.3 is 5.97 Å². The Bertz CT molecular complexity index is 801. The van der Waals surface area contributed by atoms with Crippen molar-refractivity contribution in [2.75, 3.05) is 12.4 Å². The number of carboxylic acids is 1. The number of rotatable bonds is 5. The first-order valence-electron chi connectivity index (χ1n) is 8.28. The Morgan fingerprint density at radius 2 is 2.17 bits per heavy atom. The number of carbonyl (C=O) groups is 1. The molecule has 0 spiro atoms. The van der Waals surface area contributed by atoms with E-state index in [9.17, 15) is 4.79 Å². The van der Waals surface area contributed by atoms with E-state index in [1.54, 1.807) is 12.3 Å². The second-order valence-corrected chi connectivity index (χ2v) is 6.03. The molecule has 2 aromatic rings. The van der Waals surface area contributed by atoms with Gasteiger partial charge in [-0.15, -0.1) is 0 Å². The molecule has 24 heavy (non-hydrogen) atoms. The summed E-state index contributed by atoms with van der Waals surface area (Å²) in [4.78, 5) is 20.1. The van der Waals surface area contributed by atoms with E-state index in [0.29, 0.717) is 11.6 Å². The minimum absolute atomic E-state index is 0.379. The Hall–Kier alpha value is -2.63. The lowest BCUT2D eigenvalue weighted by Crippen LogP contribution is -2.11. The van der Waals surface area contributed by atoms with Crippen LogP contribution in [0.2, 0.25) is 0 Å². The quantitative estimate of drug-likeness (QED) is 0.821. The largest absolute Gasteiger partial charge is 0.478 e. The molecule has 0 aliphatic heterocycles. The Kier molecular flexibility index (Phi) is 4.64. The number of anilines is 1. The van der Waals surface area contributed by atoms with Crippen LogP contribution in [0.15, 0.2) is 18.9 Å². The molecule has 126 valence electrons. The lowest BCUT2D eigenvalue weighted by atomic mass is 9.88. The van der Waals surface area contributed by atoms with Gasteiger partial charge in [0, 0.05) is 19.0 Å². The molecule has 0 aromatic carbocycles. The minimum Gasteiger partial charge on any atom is -0.478 e. The average molecular weight is 326 g/mol. The first kappa shape index (κ1) is 16.2. The van der Waals surface area contributed by atoms with E-state index < -0.39 is 5.97 Å². The van der Waals surface area contributed by atoms with Crippen LogP contribution in [0, 0.1) is 0 Å². The second kappa shape index (κ2) is 6.86. The maximum atomic E-state index is 10.9. The van der Waals surface area contributed by atoms with E-state index in [0.717, 1.165) is 41.8 Å². The number of nitrogens with one attached hydrogen (secondary N) is 1. The summed E-state index contributed by atoms with van der Waals surface area (Å²) in [6, 6.07) is 0. The highest BCUT2D eigenvalue weighted by atomic mass is 16.4. The first-order chi connectivity index (χ1) is 11.7. The fourth-order valence-electron chi connectivity index (χ4n) is 3.43. The normalized spacial score (nSPS) is 15.9. The molecule has 1 saturated carbocycles. The average Bonchev–Trinajstić information content (AvgIpc) is 2.98. The molecule has 0 radical (unpaired) electrons. The smallest absolute Gasteiger partial charge is 0.328 e. The summed E-state index contributed by atoms with van der Waals surface area (Å²) in [5, 5.41) is 12.0. The van der Waals surface area contributed by atoms with Gasteiger partial charge in [-0.05, 0) is 25.0 Å². The Morgan fingerprint density at radius 3 is 2.79 bits per heavy atom. The van der Waals surface area contributed by atoms with Crippen LogP contribution in [-0.4, -0.2) is 32.5 Å². The monoisotopic (exact) mass is 326 g/mol. The van der Waals surface area contributed by atoms with E-state index in [4.69, 9.17) is 10.1 Å². The first-order valence-corrected chi connectivity index (χ1v) is 8.28. The molecule has 1 aliphatic carbocycles. The Labute approximate surface area is 140 Å². The molecule has 0 saturated heterocycles. The molecule has 0 amide bonds. The van der Waals surface area contributed by atoms with Crippen molar-refractivity contribution in [1.29, 1.82) is 0 Å². The van der Waals surface area contributed by atoms with Gasteiger partial charge in [-0.3, -0.25) is 4.40 Å². The van der Waals surface area contributed by atoms with E-state index in [2.05, 4.69) is 21.3 Å². The summed E-state index contributed by atoms with van der Waals surface area (Å²) in [5.41, 5.74) is 2.30. The van der Waals surface area contributed by atoms with E-state index >= 15 is 0 Å². The zero-order valence-electron chi connectivity index (χ0n) is 13.8. The van der Waals surface area contributed by atoms with Crippen molar-refractivity contribution in [3.63, 3.8) is 0 Å². The number of imidazole rings is 1. The number of hydrogen-bond acceptors (Lipinski definition) is 4. The number of aliphatic carboxylic acids is 1. The van der Waals surface area contributed by atoms with Gasteiger partial charge in [-0.1, -0.05) is 25.8 Å². The Balaban J connectivity index is 2.23. The number of carboxylic acid groups (broad SMARTS) is 1. The highest BCUT2D eigenvalue weighted by Gasteiger charge is 2.23. The van der Waals surface area contributed by atoms with E-state index in [1.165, 1.54) is 25.3 Å². The molecule has 0 atom stereocenters. The number of hydrogen-bond donors (Lipinski definition) is 2. The van der Waals surface area contributed by atoms with Crippen LogP contribution in [-0.2, 0) is 4.79 Å². The van der Waals surface area contributed by atoms with Crippen LogP contribution in [0.4, 0.5) is 5.82 Å². The van der Waals surface area contributed by atoms with Gasteiger partial charge in [-0.2, -0.15) is 0 Å². The predicted octanol–water partition coefficient (Wildman–Crippen LogP) is 3.56. The predicted molar refractivity (Wildman–Crippen MR) is 95.1 cm³/mol. The molecule has 0 bridgehead atoms. The van der Waals surface area contributed by atoms with Gasteiger partial charge in [0.05, 0.1) is 23.1 Å². The zero-order valence-corrected chi connectivity index (χ0v) is 13.8. The third-order valence-electron chi connectivity index (χ3n) is 4.55. The van der Waals surface area contributed by atoms with Crippen molar-refractivity contribution >= 4 is 29.5 Å². The maximum absolute atomic E-state index is 10.9. The standard InChI is InChI=1S/C18H22N4O2/c1-3-14-17(19-2)20-11-15-13(9-10-16(23)24)21-18(22(14)15)12-7-5-4-6-8-12/h3,9-12,19H,1,4-8H2,2H3,(H,23,24)/b10-9+. The van der Waals surface area contributed by atoms with Crippen LogP contribution in [0.25, 0.3) is 17.7 Å². The van der Waals surface area contributed by atoms with Crippen LogP contribution in [0.5, 0.6) is 0 Å². The van der Waals surface area contributed by atoms with Gasteiger partial charge in [0.1, 0.15) is 11.6 Å². The number of aromatic nitrogens is 3. The minimum atomic E-state index is -0.987. The lowest BCUT2D eigenvalue weighted by Gasteiger charge is -2.21. The molecule has 3 rings (SSSR count). The molecule has 6 nitrogen and oxygen atoms in total. The topological polar surface area (TPSA) is 79.5 Å². The zero-order chi connectivity index (χ0) is 17.1. The molecule has 1 fully saturated rings. The third-order valence-corrected chi connectivity index (χ3v) is 4.55. The van der Waals surface area contributed by atoms with Gasteiger partial charge in [0.25, 0.3) is 0 Å². The third kappa shape index (κ3) is 2.91. The fraction of sp³-hybridized carbons (Fsp3) is 0.389. The highest BCUT2D eigenvalue weighted by Crippen LogP contribution is 2.34. The van der Waals surface area contributed by atoms with Crippen molar-refractivity contribution in [3.05, 3.63) is 36.1 Å². The molecular weight excluding hydrogens is 304 g/mol. The van der Waals surface area contributed by atoms with Gasteiger partial charge < -0.3 is 10.4 Å². The second-order valence-electron chi connectivity index (χ2n) is 6.03. The SMILES string of the molecule is C=Cc1c(NC)ncc2c(/C=C/C(=O)O)nc(C3CCCCC3)n12. The van der Waals surface area contributed by atoms with Crippen LogP contribution < -0.4 is 5.32 Å². The molecule has 1 aliphatic rings. The Morgan fingerprint density at radius 1 is 1.42 bits per heavy atom. The molecule has 2 aromatic heterocycles. The van der Waals surface area contributed by atoms with Gasteiger partial charge in [0.2, 0.25) is 0 Å². The van der Waals surface area contributed by atoms with Gasteiger partial charge in [-0.25, -0.2) is 14.8 Å². The fourth-order valence-corrected chi connectivity index (χ4v) is 3.43. The highest BCUT2D eigenvalue weighted by molar-refractivity contribution is 5.87. The summed E-state index contributed by atoms with van der Waals surface area (Å²) in [6.45, 7) is 3.92. The molecular formula is C18H22N4O2. The summed E-state index contributed by atoms with van der Waals surface area (Å²) in [7, 11) is 1.82. The van der Waals surface area contributed by atoms with Crippen LogP contribution >= 0.6 is 0 Å². The van der Waals surface area contributed by atoms with Crippen molar-refractivity contribution in [1.82, 2.24) is 14.4 Å². The van der Waals surface area contributed by atoms with Crippen molar-refractivity contribution in [3.8, 4) is 0 Å². The van der Waals surface area contributed by atoms with E-state index in [1.807, 2.05) is 7.05 Å². The van der Waals surface area contributed by atoms with Crippen molar-refractivity contribution < 1.29 is 9.90 Å². The number of fused-ring (bicyclic) bond motifs is 1. The lowest BCUT2D eigenvalue weighted by molar-refractivity contribution is -0.131. The summed E-state index contributed by atoms with van der Waals surface area (Å²) >= 11 is 0. The van der Waals surface area contributed by atoms with Gasteiger partial charge in [0.15, 0.2) is 0 Å². The molecule has 0 unspecified atom stereocenters. The summed E-state index contributed by atoms with van der Waals surface area (Å²) in [6.07, 6.45) is 12.0. The molecule has 6 heteroatoms. The summed E-state index contributed by atoms with van der Waals surface area (Å²) < 4.78 is 2.07. The van der Waals surface area contributed by atoms with Crippen LogP contribution in [0.1, 0.15) is 55.2 Å². The maximum Gasteiger partial charge on any atom is 0.328 e.